The van der Waals surface area contributed by atoms with Crippen LogP contribution in [0.2, 0.25) is 0 Å². The molecule has 1 rings (SSSR count). The van der Waals surface area contributed by atoms with E-state index in [9.17, 15) is 0 Å². The fourth-order valence-corrected chi connectivity index (χ4v) is 2.53. The fourth-order valence-electron chi connectivity index (χ4n) is 2.53. The van der Waals surface area contributed by atoms with Gasteiger partial charge in [0.25, 0.3) is 0 Å². The number of aryl methyl sites for hydroxylation is 2. The Morgan fingerprint density at radius 2 is 1.84 bits per heavy atom. The zero-order chi connectivity index (χ0) is 14.5. The van der Waals surface area contributed by atoms with Gasteiger partial charge in [0.1, 0.15) is 5.75 Å². The zero-order valence-corrected chi connectivity index (χ0v) is 13.4. The molecule has 0 atom stereocenters. The maximum atomic E-state index is 5.90. The number of rotatable bonds is 7. The predicted octanol–water partition coefficient (Wildman–Crippen LogP) is 4.05. The summed E-state index contributed by atoms with van der Waals surface area (Å²) < 4.78 is 5.90. The highest BCUT2D eigenvalue weighted by molar-refractivity contribution is 5.35. The Morgan fingerprint density at radius 3 is 2.47 bits per heavy atom. The monoisotopic (exact) mass is 263 g/mol. The van der Waals surface area contributed by atoms with Crippen molar-refractivity contribution < 1.29 is 4.74 Å². The van der Waals surface area contributed by atoms with Gasteiger partial charge in [0.15, 0.2) is 0 Å². The van der Waals surface area contributed by atoms with Gasteiger partial charge < -0.3 is 9.64 Å². The largest absolute Gasteiger partial charge is 0.493 e. The Balaban J connectivity index is 2.36. The van der Waals surface area contributed by atoms with Crippen LogP contribution in [0.3, 0.4) is 0 Å². The van der Waals surface area contributed by atoms with Gasteiger partial charge in [0.2, 0.25) is 0 Å². The molecule has 0 aromatic heterocycles. The first-order valence-electron chi connectivity index (χ1n) is 7.15. The highest BCUT2D eigenvalue weighted by Gasteiger charge is 2.18. The molecule has 108 valence electrons. The van der Waals surface area contributed by atoms with Gasteiger partial charge in [-0.25, -0.2) is 0 Å². The molecule has 0 aliphatic heterocycles. The van der Waals surface area contributed by atoms with Gasteiger partial charge in [-0.15, -0.1) is 0 Å². The summed E-state index contributed by atoms with van der Waals surface area (Å²) in [5, 5.41) is 0. The molecule has 0 saturated carbocycles. The molecule has 0 aliphatic rings. The number of hydrogen-bond donors (Lipinski definition) is 0. The minimum atomic E-state index is 0.356. The molecule has 0 unspecified atom stereocenters. The molecule has 0 amide bonds. The fraction of sp³-hybridized carbons (Fsp3) is 0.647. The summed E-state index contributed by atoms with van der Waals surface area (Å²) in [4.78, 5) is 2.26. The van der Waals surface area contributed by atoms with Crippen molar-refractivity contribution in [3.05, 3.63) is 29.3 Å². The highest BCUT2D eigenvalue weighted by atomic mass is 16.5. The maximum absolute atomic E-state index is 5.90. The molecule has 1 aromatic rings. The number of benzene rings is 1. The Kier molecular flexibility index (Phi) is 5.86. The molecule has 0 fully saturated rings. The molecular weight excluding hydrogens is 234 g/mol. The van der Waals surface area contributed by atoms with Crippen LogP contribution in [0.4, 0.5) is 0 Å². The lowest BCUT2D eigenvalue weighted by Crippen LogP contribution is -2.28. The van der Waals surface area contributed by atoms with Crippen LogP contribution >= 0.6 is 0 Å². The lowest BCUT2D eigenvalue weighted by Gasteiger charge is -2.28. The molecule has 0 bridgehead atoms. The van der Waals surface area contributed by atoms with Crippen molar-refractivity contribution in [3.63, 3.8) is 0 Å². The van der Waals surface area contributed by atoms with E-state index >= 15 is 0 Å². The van der Waals surface area contributed by atoms with E-state index in [-0.39, 0.29) is 0 Å². The third kappa shape index (κ3) is 6.11. The second kappa shape index (κ2) is 6.95. The Morgan fingerprint density at radius 1 is 1.16 bits per heavy atom. The van der Waals surface area contributed by atoms with Crippen LogP contribution in [0.5, 0.6) is 5.75 Å². The number of nitrogens with zero attached hydrogens (tertiary/aromatic N) is 1. The summed E-state index contributed by atoms with van der Waals surface area (Å²) in [6.07, 6.45) is 2.30. The quantitative estimate of drug-likeness (QED) is 0.688. The van der Waals surface area contributed by atoms with E-state index in [1.807, 2.05) is 0 Å². The second-order valence-electron chi connectivity index (χ2n) is 6.62. The summed E-state index contributed by atoms with van der Waals surface area (Å²) in [6, 6.07) is 6.38. The second-order valence-corrected chi connectivity index (χ2v) is 6.62. The summed E-state index contributed by atoms with van der Waals surface area (Å²) in [5.74, 6) is 1.03. The van der Waals surface area contributed by atoms with E-state index in [4.69, 9.17) is 4.74 Å². The summed E-state index contributed by atoms with van der Waals surface area (Å²) in [5.41, 5.74) is 2.83. The summed E-state index contributed by atoms with van der Waals surface area (Å²) in [6.45, 7) is 10.8. The van der Waals surface area contributed by atoms with Crippen LogP contribution in [0.1, 0.15) is 37.8 Å². The van der Waals surface area contributed by atoms with Gasteiger partial charge >= 0.3 is 0 Å². The van der Waals surface area contributed by atoms with E-state index in [0.29, 0.717) is 5.41 Å². The molecule has 0 saturated heterocycles. The van der Waals surface area contributed by atoms with E-state index in [2.05, 4.69) is 64.9 Å². The average Bonchev–Trinajstić information content (AvgIpc) is 2.27. The highest BCUT2D eigenvalue weighted by Crippen LogP contribution is 2.24. The summed E-state index contributed by atoms with van der Waals surface area (Å²) in [7, 11) is 4.27. The van der Waals surface area contributed by atoms with Crippen LogP contribution in [0.15, 0.2) is 18.2 Å². The van der Waals surface area contributed by atoms with Gasteiger partial charge in [0.05, 0.1) is 6.61 Å². The molecule has 0 heterocycles. The topological polar surface area (TPSA) is 12.5 Å². The van der Waals surface area contributed by atoms with E-state index in [0.717, 1.165) is 25.3 Å². The van der Waals surface area contributed by atoms with Gasteiger partial charge in [0, 0.05) is 6.54 Å². The van der Waals surface area contributed by atoms with Crippen LogP contribution in [-0.2, 0) is 0 Å². The van der Waals surface area contributed by atoms with Crippen molar-refractivity contribution in [3.8, 4) is 5.75 Å². The lowest BCUT2D eigenvalue weighted by atomic mass is 9.87. The molecular formula is C17H29NO. The van der Waals surface area contributed by atoms with E-state index in [1.54, 1.807) is 0 Å². The third-order valence-electron chi connectivity index (χ3n) is 3.34. The average molecular weight is 263 g/mol. The normalized spacial score (nSPS) is 11.9. The maximum Gasteiger partial charge on any atom is 0.122 e. The first kappa shape index (κ1) is 16.0. The van der Waals surface area contributed by atoms with Gasteiger partial charge in [-0.1, -0.05) is 26.0 Å². The Hall–Kier alpha value is -1.02. The minimum Gasteiger partial charge on any atom is -0.493 e. The SMILES string of the molecule is Cc1ccc(C)c(OCCCC(C)(C)CN(C)C)c1. The van der Waals surface area contributed by atoms with Crippen molar-refractivity contribution in [1.82, 2.24) is 4.90 Å². The van der Waals surface area contributed by atoms with Crippen LogP contribution in [0, 0.1) is 19.3 Å². The lowest BCUT2D eigenvalue weighted by molar-refractivity contribution is 0.202. The first-order valence-corrected chi connectivity index (χ1v) is 7.15. The molecule has 0 aliphatic carbocycles. The third-order valence-corrected chi connectivity index (χ3v) is 3.34. The van der Waals surface area contributed by atoms with Gasteiger partial charge in [-0.2, -0.15) is 0 Å². The Bertz CT molecular complexity index is 396. The standard InChI is InChI=1S/C17H29NO/c1-14-8-9-15(2)16(12-14)19-11-7-10-17(3,4)13-18(5)6/h8-9,12H,7,10-11,13H2,1-6H3. The molecule has 1 aromatic carbocycles. The molecule has 2 nitrogen and oxygen atoms in total. The van der Waals surface area contributed by atoms with Crippen molar-refractivity contribution in [2.24, 2.45) is 5.41 Å². The molecule has 0 N–H and O–H groups in total. The minimum absolute atomic E-state index is 0.356. The van der Waals surface area contributed by atoms with Crippen molar-refractivity contribution in [2.45, 2.75) is 40.5 Å². The first-order chi connectivity index (χ1) is 8.80. The van der Waals surface area contributed by atoms with E-state index in [1.165, 1.54) is 17.5 Å². The molecule has 0 radical (unpaired) electrons. The van der Waals surface area contributed by atoms with Crippen molar-refractivity contribution in [1.29, 1.82) is 0 Å². The van der Waals surface area contributed by atoms with Crippen molar-refractivity contribution in [2.75, 3.05) is 27.2 Å². The smallest absolute Gasteiger partial charge is 0.122 e. The predicted molar refractivity (Wildman–Crippen MR) is 83.0 cm³/mol. The molecule has 19 heavy (non-hydrogen) atoms. The van der Waals surface area contributed by atoms with Gasteiger partial charge in [-0.05, 0) is 63.4 Å². The van der Waals surface area contributed by atoms with E-state index < -0.39 is 0 Å². The van der Waals surface area contributed by atoms with Gasteiger partial charge in [-0.3, -0.25) is 0 Å². The van der Waals surface area contributed by atoms with Crippen molar-refractivity contribution >= 4 is 0 Å². The van der Waals surface area contributed by atoms with Crippen LogP contribution in [-0.4, -0.2) is 32.1 Å². The summed E-state index contributed by atoms with van der Waals surface area (Å²) >= 11 is 0. The molecule has 0 spiro atoms. The van der Waals surface area contributed by atoms with Crippen LogP contribution in [0.25, 0.3) is 0 Å². The number of ether oxygens (including phenoxy) is 1. The Labute approximate surface area is 118 Å². The molecule has 2 heteroatoms. The number of hydrogen-bond acceptors (Lipinski definition) is 2. The zero-order valence-electron chi connectivity index (χ0n) is 13.4. The van der Waals surface area contributed by atoms with Crippen LogP contribution < -0.4 is 4.74 Å².